The van der Waals surface area contributed by atoms with E-state index in [2.05, 4.69) is 25.8 Å². The molecule has 1 unspecified atom stereocenters. The summed E-state index contributed by atoms with van der Waals surface area (Å²) in [6.07, 6.45) is 1.02. The second-order valence-corrected chi connectivity index (χ2v) is 6.28. The van der Waals surface area contributed by atoms with Crippen molar-refractivity contribution in [1.82, 2.24) is 4.98 Å². The molecule has 0 saturated heterocycles. The molecular formula is C17H19ClNO3-. The first-order valence-corrected chi connectivity index (χ1v) is 7.68. The Morgan fingerprint density at radius 2 is 2.00 bits per heavy atom. The van der Waals surface area contributed by atoms with Gasteiger partial charge in [-0.2, -0.15) is 0 Å². The van der Waals surface area contributed by atoms with Crippen LogP contribution in [0.1, 0.15) is 38.8 Å². The summed E-state index contributed by atoms with van der Waals surface area (Å²) in [4.78, 5) is 15.2. The lowest BCUT2D eigenvalue weighted by atomic mass is 9.95. The van der Waals surface area contributed by atoms with E-state index in [1.807, 2.05) is 12.1 Å². The zero-order chi connectivity index (χ0) is 16.3. The number of ether oxygens (including phenoxy) is 1. The number of nitrogens with zero attached hydrogens (tertiary/aromatic N) is 1. The van der Waals surface area contributed by atoms with Crippen molar-refractivity contribution in [3.8, 4) is 5.75 Å². The van der Waals surface area contributed by atoms with Crippen LogP contribution in [-0.2, 0) is 4.79 Å². The standard InChI is InChI=1S/C17H20ClNO3/c1-10(2)8-11(3)14-6-4-12-13(18)5-7-15(17(12)19-14)22-9-16(20)21/h4-7,10-11H,8-9H2,1-3H3,(H,20,21)/p-1. The van der Waals surface area contributed by atoms with Crippen molar-refractivity contribution in [2.45, 2.75) is 33.1 Å². The van der Waals surface area contributed by atoms with E-state index in [0.29, 0.717) is 28.1 Å². The third kappa shape index (κ3) is 3.89. The highest BCUT2D eigenvalue weighted by molar-refractivity contribution is 6.35. The number of halogens is 1. The molecule has 0 saturated carbocycles. The van der Waals surface area contributed by atoms with Gasteiger partial charge >= 0.3 is 0 Å². The molecule has 4 nitrogen and oxygen atoms in total. The van der Waals surface area contributed by atoms with Gasteiger partial charge in [0, 0.05) is 11.1 Å². The van der Waals surface area contributed by atoms with Gasteiger partial charge in [-0.1, -0.05) is 32.4 Å². The molecular weight excluding hydrogens is 302 g/mol. The molecule has 5 heteroatoms. The van der Waals surface area contributed by atoms with Crippen LogP contribution < -0.4 is 9.84 Å². The summed E-state index contributed by atoms with van der Waals surface area (Å²) in [5.74, 6) is 0.00710. The lowest BCUT2D eigenvalue weighted by Crippen LogP contribution is -2.29. The number of carboxylic acid groups (broad SMARTS) is 1. The SMILES string of the molecule is CC(C)CC(C)c1ccc2c(Cl)ccc(OCC(=O)[O-])c2n1. The van der Waals surface area contributed by atoms with Gasteiger partial charge in [-0.3, -0.25) is 0 Å². The van der Waals surface area contributed by atoms with Gasteiger partial charge in [0.25, 0.3) is 0 Å². The van der Waals surface area contributed by atoms with Gasteiger partial charge in [-0.15, -0.1) is 0 Å². The van der Waals surface area contributed by atoms with Crippen molar-refractivity contribution in [2.24, 2.45) is 5.92 Å². The third-order valence-corrected chi connectivity index (χ3v) is 3.79. The fourth-order valence-electron chi connectivity index (χ4n) is 2.53. The average molecular weight is 321 g/mol. The maximum absolute atomic E-state index is 10.6. The second kappa shape index (κ2) is 6.97. The quantitative estimate of drug-likeness (QED) is 0.820. The molecule has 0 radical (unpaired) electrons. The van der Waals surface area contributed by atoms with Crippen molar-refractivity contribution in [2.75, 3.05) is 6.61 Å². The Bertz CT molecular complexity index is 685. The monoisotopic (exact) mass is 320 g/mol. The van der Waals surface area contributed by atoms with E-state index in [4.69, 9.17) is 16.3 Å². The fraction of sp³-hybridized carbons (Fsp3) is 0.412. The molecule has 22 heavy (non-hydrogen) atoms. The molecule has 0 N–H and O–H groups in total. The van der Waals surface area contributed by atoms with E-state index in [1.165, 1.54) is 0 Å². The van der Waals surface area contributed by atoms with Gasteiger partial charge in [0.15, 0.2) is 0 Å². The molecule has 1 heterocycles. The van der Waals surface area contributed by atoms with Crippen molar-refractivity contribution in [3.05, 3.63) is 35.0 Å². The van der Waals surface area contributed by atoms with Gasteiger partial charge in [-0.05, 0) is 42.5 Å². The van der Waals surface area contributed by atoms with Crippen LogP contribution in [0.5, 0.6) is 5.75 Å². The Balaban J connectivity index is 2.43. The minimum absolute atomic E-state index is 0.303. The maximum atomic E-state index is 10.6. The van der Waals surface area contributed by atoms with Crippen LogP contribution in [0.25, 0.3) is 10.9 Å². The van der Waals surface area contributed by atoms with Crippen LogP contribution in [0.4, 0.5) is 0 Å². The number of rotatable bonds is 6. The smallest absolute Gasteiger partial charge is 0.146 e. The number of carboxylic acids is 1. The summed E-state index contributed by atoms with van der Waals surface area (Å²) >= 11 is 6.18. The number of carbonyl (C=O) groups is 1. The number of carbonyl (C=O) groups excluding carboxylic acids is 1. The largest absolute Gasteiger partial charge is 0.546 e. The highest BCUT2D eigenvalue weighted by Gasteiger charge is 2.13. The Hall–Kier alpha value is -1.81. The predicted octanol–water partition coefficient (Wildman–Crippen LogP) is 3.17. The van der Waals surface area contributed by atoms with Crippen molar-refractivity contribution in [1.29, 1.82) is 0 Å². The minimum atomic E-state index is -1.27. The van der Waals surface area contributed by atoms with E-state index in [0.717, 1.165) is 17.5 Å². The van der Waals surface area contributed by atoms with Crippen LogP contribution >= 0.6 is 11.6 Å². The van der Waals surface area contributed by atoms with Crippen LogP contribution in [-0.4, -0.2) is 17.6 Å². The van der Waals surface area contributed by atoms with Gasteiger partial charge in [0.2, 0.25) is 0 Å². The predicted molar refractivity (Wildman–Crippen MR) is 85.1 cm³/mol. The van der Waals surface area contributed by atoms with Gasteiger partial charge in [0.1, 0.15) is 17.9 Å². The fourth-order valence-corrected chi connectivity index (χ4v) is 2.74. The van der Waals surface area contributed by atoms with E-state index < -0.39 is 12.6 Å². The normalized spacial score (nSPS) is 12.6. The molecule has 118 valence electrons. The van der Waals surface area contributed by atoms with E-state index in [9.17, 15) is 9.90 Å². The molecule has 0 aliphatic rings. The van der Waals surface area contributed by atoms with Crippen molar-refractivity contribution in [3.63, 3.8) is 0 Å². The number of hydrogen-bond acceptors (Lipinski definition) is 4. The van der Waals surface area contributed by atoms with Gasteiger partial charge < -0.3 is 14.6 Å². The summed E-state index contributed by atoms with van der Waals surface area (Å²) in [7, 11) is 0. The van der Waals surface area contributed by atoms with Gasteiger partial charge in [0.05, 0.1) is 11.0 Å². The highest BCUT2D eigenvalue weighted by Crippen LogP contribution is 2.32. The first kappa shape index (κ1) is 16.6. The zero-order valence-corrected chi connectivity index (χ0v) is 13.7. The summed E-state index contributed by atoms with van der Waals surface area (Å²) in [5, 5.41) is 11.9. The number of aliphatic carboxylic acids is 1. The van der Waals surface area contributed by atoms with Crippen LogP contribution in [0, 0.1) is 5.92 Å². The number of benzene rings is 1. The number of hydrogen-bond donors (Lipinski definition) is 0. The topological polar surface area (TPSA) is 62.2 Å². The summed E-state index contributed by atoms with van der Waals surface area (Å²) in [5.41, 5.74) is 1.53. The molecule has 0 spiro atoms. The summed E-state index contributed by atoms with van der Waals surface area (Å²) < 4.78 is 5.27. The zero-order valence-electron chi connectivity index (χ0n) is 12.9. The molecule has 0 fully saturated rings. The molecule has 1 atom stereocenters. The summed E-state index contributed by atoms with van der Waals surface area (Å²) in [6, 6.07) is 7.18. The first-order valence-electron chi connectivity index (χ1n) is 7.30. The highest BCUT2D eigenvalue weighted by atomic mass is 35.5. The number of aromatic nitrogens is 1. The van der Waals surface area contributed by atoms with E-state index >= 15 is 0 Å². The van der Waals surface area contributed by atoms with Crippen LogP contribution in [0.2, 0.25) is 5.02 Å². The first-order chi connectivity index (χ1) is 10.4. The Morgan fingerprint density at radius 3 is 2.64 bits per heavy atom. The van der Waals surface area contributed by atoms with Gasteiger partial charge in [-0.25, -0.2) is 4.98 Å². The maximum Gasteiger partial charge on any atom is 0.146 e. The minimum Gasteiger partial charge on any atom is -0.546 e. The van der Waals surface area contributed by atoms with Crippen LogP contribution in [0.3, 0.4) is 0 Å². The Morgan fingerprint density at radius 1 is 1.27 bits per heavy atom. The molecule has 1 aromatic carbocycles. The molecule has 2 aromatic rings. The number of fused-ring (bicyclic) bond motifs is 1. The summed E-state index contributed by atoms with van der Waals surface area (Å²) in [6.45, 7) is 5.95. The van der Waals surface area contributed by atoms with E-state index in [1.54, 1.807) is 12.1 Å². The molecule has 1 aromatic heterocycles. The average Bonchev–Trinajstić information content (AvgIpc) is 2.45. The molecule has 2 rings (SSSR count). The number of pyridine rings is 1. The molecule has 0 bridgehead atoms. The van der Waals surface area contributed by atoms with Crippen molar-refractivity contribution < 1.29 is 14.6 Å². The lowest BCUT2D eigenvalue weighted by Gasteiger charge is -2.16. The second-order valence-electron chi connectivity index (χ2n) is 5.87. The molecule has 0 amide bonds. The van der Waals surface area contributed by atoms with Crippen LogP contribution in [0.15, 0.2) is 24.3 Å². The Labute approximate surface area is 135 Å². The molecule has 0 aliphatic heterocycles. The van der Waals surface area contributed by atoms with E-state index in [-0.39, 0.29) is 0 Å². The van der Waals surface area contributed by atoms with Crippen molar-refractivity contribution >= 4 is 28.5 Å². The molecule has 0 aliphatic carbocycles. The Kier molecular flexibility index (Phi) is 5.24. The lowest BCUT2D eigenvalue weighted by molar-refractivity contribution is -0.307. The third-order valence-electron chi connectivity index (χ3n) is 3.46.